The van der Waals surface area contributed by atoms with Gasteiger partial charge in [-0.05, 0) is 11.8 Å². The van der Waals surface area contributed by atoms with Crippen LogP contribution >= 0.6 is 11.8 Å². The lowest BCUT2D eigenvalue weighted by atomic mass is 9.92. The molecular weight excluding hydrogens is 312 g/mol. The van der Waals surface area contributed by atoms with Gasteiger partial charge in [-0.3, -0.25) is 9.59 Å². The Balaban J connectivity index is 2.13. The molecule has 0 saturated carbocycles. The Kier molecular flexibility index (Phi) is 5.73. The van der Waals surface area contributed by atoms with Crippen LogP contribution in [0.2, 0.25) is 0 Å². The summed E-state index contributed by atoms with van der Waals surface area (Å²) in [6.45, 7) is 8.90. The average Bonchev–Trinajstić information content (AvgIpc) is 2.98. The monoisotopic (exact) mass is 338 g/mol. The van der Waals surface area contributed by atoms with E-state index in [4.69, 9.17) is 0 Å². The third kappa shape index (κ3) is 4.99. The lowest BCUT2D eigenvalue weighted by molar-refractivity contribution is -0.122. The van der Waals surface area contributed by atoms with E-state index < -0.39 is 0 Å². The van der Waals surface area contributed by atoms with Gasteiger partial charge in [0.15, 0.2) is 0 Å². The SMILES string of the molecule is CCCNC(=O)Cn1nc2c(c1NC(=O)CC(C)(C)C)CSC2. The molecule has 0 radical (unpaired) electrons. The van der Waals surface area contributed by atoms with Crippen LogP contribution in [0.25, 0.3) is 0 Å². The van der Waals surface area contributed by atoms with Crippen LogP contribution in [0, 0.1) is 5.41 Å². The van der Waals surface area contributed by atoms with E-state index in [1.807, 2.05) is 27.7 Å². The van der Waals surface area contributed by atoms with Crippen molar-refractivity contribution in [3.63, 3.8) is 0 Å². The first kappa shape index (κ1) is 17.8. The molecule has 0 bridgehead atoms. The second-order valence-corrected chi connectivity index (χ2v) is 8.05. The summed E-state index contributed by atoms with van der Waals surface area (Å²) in [5.74, 6) is 2.24. The number of aromatic nitrogens is 2. The highest BCUT2D eigenvalue weighted by Crippen LogP contribution is 2.35. The smallest absolute Gasteiger partial charge is 0.241 e. The first-order chi connectivity index (χ1) is 10.8. The van der Waals surface area contributed by atoms with Crippen molar-refractivity contribution in [2.45, 2.75) is 58.6 Å². The molecule has 0 aliphatic carbocycles. The van der Waals surface area contributed by atoms with Crippen LogP contribution in [-0.4, -0.2) is 28.1 Å². The molecule has 2 amide bonds. The van der Waals surface area contributed by atoms with Crippen LogP contribution in [0.4, 0.5) is 5.82 Å². The zero-order chi connectivity index (χ0) is 17.0. The Morgan fingerprint density at radius 1 is 1.26 bits per heavy atom. The quantitative estimate of drug-likeness (QED) is 0.836. The number of thioether (sulfide) groups is 1. The Labute approximate surface area is 141 Å². The van der Waals surface area contributed by atoms with Gasteiger partial charge in [0.2, 0.25) is 11.8 Å². The van der Waals surface area contributed by atoms with Crippen LogP contribution in [-0.2, 0) is 27.6 Å². The van der Waals surface area contributed by atoms with E-state index >= 15 is 0 Å². The summed E-state index contributed by atoms with van der Waals surface area (Å²) in [7, 11) is 0. The summed E-state index contributed by atoms with van der Waals surface area (Å²) in [6, 6.07) is 0. The van der Waals surface area contributed by atoms with E-state index in [1.54, 1.807) is 16.4 Å². The number of fused-ring (bicyclic) bond motifs is 1. The maximum absolute atomic E-state index is 12.3. The fourth-order valence-electron chi connectivity index (χ4n) is 2.43. The first-order valence-electron chi connectivity index (χ1n) is 8.03. The first-order valence-corrected chi connectivity index (χ1v) is 9.18. The molecule has 6 nitrogen and oxygen atoms in total. The number of nitrogens with one attached hydrogen (secondary N) is 2. The Morgan fingerprint density at radius 2 is 2.00 bits per heavy atom. The molecule has 0 fully saturated rings. The third-order valence-corrected chi connectivity index (χ3v) is 4.40. The van der Waals surface area contributed by atoms with E-state index in [2.05, 4.69) is 15.7 Å². The van der Waals surface area contributed by atoms with Crippen molar-refractivity contribution in [1.82, 2.24) is 15.1 Å². The molecule has 23 heavy (non-hydrogen) atoms. The minimum absolute atomic E-state index is 0.0349. The van der Waals surface area contributed by atoms with E-state index in [0.29, 0.717) is 18.8 Å². The van der Waals surface area contributed by atoms with E-state index in [1.165, 1.54) is 0 Å². The van der Waals surface area contributed by atoms with Gasteiger partial charge in [-0.25, -0.2) is 4.68 Å². The van der Waals surface area contributed by atoms with Crippen LogP contribution < -0.4 is 10.6 Å². The number of nitrogens with zero attached hydrogens (tertiary/aromatic N) is 2. The average molecular weight is 338 g/mol. The van der Waals surface area contributed by atoms with Crippen LogP contribution in [0.1, 0.15) is 51.8 Å². The highest BCUT2D eigenvalue weighted by molar-refractivity contribution is 7.98. The summed E-state index contributed by atoms with van der Waals surface area (Å²) in [5.41, 5.74) is 1.95. The molecule has 0 atom stereocenters. The largest absolute Gasteiger partial charge is 0.355 e. The van der Waals surface area contributed by atoms with Crippen molar-refractivity contribution in [3.8, 4) is 0 Å². The zero-order valence-electron chi connectivity index (χ0n) is 14.4. The van der Waals surface area contributed by atoms with Crippen molar-refractivity contribution in [1.29, 1.82) is 0 Å². The predicted octanol–water partition coefficient (Wildman–Crippen LogP) is 2.53. The lowest BCUT2D eigenvalue weighted by Crippen LogP contribution is -2.30. The molecule has 128 valence electrons. The Hall–Kier alpha value is -1.50. The molecule has 7 heteroatoms. The molecule has 0 spiro atoms. The van der Waals surface area contributed by atoms with Crippen LogP contribution in [0.5, 0.6) is 0 Å². The highest BCUT2D eigenvalue weighted by Gasteiger charge is 2.26. The lowest BCUT2D eigenvalue weighted by Gasteiger charge is -2.18. The van der Waals surface area contributed by atoms with Gasteiger partial charge in [0.1, 0.15) is 12.4 Å². The molecule has 1 aliphatic heterocycles. The third-order valence-electron chi connectivity index (χ3n) is 3.43. The fraction of sp³-hybridized carbons (Fsp3) is 0.688. The van der Waals surface area contributed by atoms with Gasteiger partial charge in [-0.2, -0.15) is 16.9 Å². The van der Waals surface area contributed by atoms with Gasteiger partial charge in [0.05, 0.1) is 5.69 Å². The number of amides is 2. The molecule has 2 N–H and O–H groups in total. The number of hydrogen-bond donors (Lipinski definition) is 2. The molecule has 2 rings (SSSR count). The van der Waals surface area contributed by atoms with Crippen molar-refractivity contribution in [2.24, 2.45) is 5.41 Å². The molecule has 1 aromatic rings. The summed E-state index contributed by atoms with van der Waals surface area (Å²) in [6.07, 6.45) is 1.33. The second kappa shape index (κ2) is 7.38. The maximum Gasteiger partial charge on any atom is 0.241 e. The standard InChI is InChI=1S/C16H26N4O2S/c1-5-6-17-14(22)8-20-15(11-9-23-10-12(11)19-20)18-13(21)7-16(2,3)4/h5-10H2,1-4H3,(H,17,22)(H,18,21). The number of carbonyl (C=O) groups is 2. The minimum atomic E-state index is -0.0780. The van der Waals surface area contributed by atoms with E-state index in [9.17, 15) is 9.59 Å². The highest BCUT2D eigenvalue weighted by atomic mass is 32.2. The van der Waals surface area contributed by atoms with Crippen molar-refractivity contribution < 1.29 is 9.59 Å². The molecule has 2 heterocycles. The van der Waals surface area contributed by atoms with Crippen molar-refractivity contribution in [2.75, 3.05) is 11.9 Å². The van der Waals surface area contributed by atoms with Crippen LogP contribution in [0.15, 0.2) is 0 Å². The second-order valence-electron chi connectivity index (χ2n) is 7.06. The molecule has 1 aliphatic rings. The molecule has 0 aromatic carbocycles. The van der Waals surface area contributed by atoms with Gasteiger partial charge in [0.25, 0.3) is 0 Å². The van der Waals surface area contributed by atoms with Crippen molar-refractivity contribution in [3.05, 3.63) is 11.3 Å². The van der Waals surface area contributed by atoms with Gasteiger partial charge in [-0.1, -0.05) is 27.7 Å². The topological polar surface area (TPSA) is 76.0 Å². The summed E-state index contributed by atoms with van der Waals surface area (Å²) >= 11 is 1.78. The minimum Gasteiger partial charge on any atom is -0.355 e. The van der Waals surface area contributed by atoms with Gasteiger partial charge in [0, 0.05) is 30.0 Å². The van der Waals surface area contributed by atoms with Gasteiger partial charge < -0.3 is 10.6 Å². The Bertz CT molecular complexity index is 590. The van der Waals surface area contributed by atoms with E-state index in [-0.39, 0.29) is 23.8 Å². The maximum atomic E-state index is 12.3. The fourth-order valence-corrected chi connectivity index (χ4v) is 3.47. The predicted molar refractivity (Wildman–Crippen MR) is 93.2 cm³/mol. The number of rotatable bonds is 6. The van der Waals surface area contributed by atoms with E-state index in [0.717, 1.165) is 29.2 Å². The number of anilines is 1. The van der Waals surface area contributed by atoms with Crippen molar-refractivity contribution >= 4 is 29.4 Å². The zero-order valence-corrected chi connectivity index (χ0v) is 15.2. The normalized spacial score (nSPS) is 13.7. The molecule has 0 saturated heterocycles. The molecule has 0 unspecified atom stereocenters. The van der Waals surface area contributed by atoms with Gasteiger partial charge in [-0.15, -0.1) is 0 Å². The van der Waals surface area contributed by atoms with Gasteiger partial charge >= 0.3 is 0 Å². The number of carbonyl (C=O) groups excluding carboxylic acids is 2. The molecular formula is C16H26N4O2S. The number of hydrogen-bond acceptors (Lipinski definition) is 4. The Morgan fingerprint density at radius 3 is 2.65 bits per heavy atom. The summed E-state index contributed by atoms with van der Waals surface area (Å²) in [4.78, 5) is 24.3. The summed E-state index contributed by atoms with van der Waals surface area (Å²) < 4.78 is 1.63. The molecule has 1 aromatic heterocycles. The van der Waals surface area contributed by atoms with Crippen LogP contribution in [0.3, 0.4) is 0 Å². The summed E-state index contributed by atoms with van der Waals surface area (Å²) in [5, 5.41) is 10.3.